The van der Waals surface area contributed by atoms with Crippen molar-refractivity contribution in [2.45, 2.75) is 39.0 Å². The van der Waals surface area contributed by atoms with E-state index in [0.29, 0.717) is 28.5 Å². The summed E-state index contributed by atoms with van der Waals surface area (Å²) in [6, 6.07) is 11.1. The highest BCUT2D eigenvalue weighted by Crippen LogP contribution is 2.45. The minimum atomic E-state index is -0.627. The first-order valence-electron chi connectivity index (χ1n) is 9.75. The van der Waals surface area contributed by atoms with E-state index >= 15 is 0 Å². The summed E-state index contributed by atoms with van der Waals surface area (Å²) in [7, 11) is 0. The largest absolute Gasteiger partial charge is 0.310 e. The van der Waals surface area contributed by atoms with Crippen molar-refractivity contribution < 1.29 is 9.59 Å². The number of allylic oxidation sites excluding steroid dienone is 2. The number of benzene rings is 1. The number of anilines is 1. The average Bonchev–Trinajstić information content (AvgIpc) is 2.67. The molecule has 1 aliphatic carbocycles. The molecule has 2 atom stereocenters. The lowest BCUT2D eigenvalue weighted by atomic mass is 9.71. The molecule has 1 amide bonds. The molecule has 0 saturated carbocycles. The second kappa shape index (κ2) is 7.91. The number of pyridine rings is 1. The first-order chi connectivity index (χ1) is 14.0. The number of nitrogens with zero attached hydrogens (tertiary/aromatic N) is 2. The zero-order valence-corrected chi connectivity index (χ0v) is 17.2. The summed E-state index contributed by atoms with van der Waals surface area (Å²) in [4.78, 5) is 35.2. The molecule has 5 nitrogen and oxygen atoms in total. The van der Waals surface area contributed by atoms with E-state index in [9.17, 15) is 9.59 Å². The van der Waals surface area contributed by atoms with Gasteiger partial charge in [-0.2, -0.15) is 0 Å². The number of ketones is 1. The zero-order chi connectivity index (χ0) is 20.5. The third-order valence-corrected chi connectivity index (χ3v) is 5.87. The lowest BCUT2D eigenvalue weighted by Gasteiger charge is -2.35. The summed E-state index contributed by atoms with van der Waals surface area (Å²) in [6.07, 6.45) is 3.66. The Hall–Kier alpha value is -2.79. The molecule has 1 aromatic carbocycles. The van der Waals surface area contributed by atoms with E-state index in [1.54, 1.807) is 12.3 Å². The Labute approximate surface area is 174 Å². The highest BCUT2D eigenvalue weighted by Gasteiger charge is 2.43. The van der Waals surface area contributed by atoms with Crippen LogP contribution in [0.5, 0.6) is 0 Å². The number of aryl methyl sites for hydroxylation is 1. The number of aromatic nitrogens is 1. The van der Waals surface area contributed by atoms with Crippen molar-refractivity contribution in [3.63, 3.8) is 0 Å². The van der Waals surface area contributed by atoms with Crippen LogP contribution in [-0.4, -0.2) is 22.4 Å². The fourth-order valence-corrected chi connectivity index (χ4v) is 4.47. The minimum Gasteiger partial charge on any atom is -0.310 e. The molecule has 2 aromatic rings. The van der Waals surface area contributed by atoms with Crippen molar-refractivity contribution in [1.82, 2.24) is 4.98 Å². The molecule has 1 aromatic heterocycles. The molecular weight excluding hydrogens is 386 g/mol. The Balaban J connectivity index is 1.80. The van der Waals surface area contributed by atoms with E-state index in [4.69, 9.17) is 11.6 Å². The first-order valence-corrected chi connectivity index (χ1v) is 10.1. The van der Waals surface area contributed by atoms with Crippen molar-refractivity contribution in [3.8, 4) is 0 Å². The van der Waals surface area contributed by atoms with E-state index in [-0.39, 0.29) is 11.7 Å². The van der Waals surface area contributed by atoms with Crippen LogP contribution < -0.4 is 5.32 Å². The Morgan fingerprint density at radius 2 is 1.97 bits per heavy atom. The lowest BCUT2D eigenvalue weighted by molar-refractivity contribution is -0.119. The number of carbonyl (C=O) groups excluding carboxylic acids is 2. The molecule has 0 fully saturated rings. The van der Waals surface area contributed by atoms with E-state index in [2.05, 4.69) is 15.3 Å². The van der Waals surface area contributed by atoms with Crippen LogP contribution in [0.2, 0.25) is 5.02 Å². The monoisotopic (exact) mass is 407 g/mol. The number of hydrogen-bond acceptors (Lipinski definition) is 4. The second-order valence-corrected chi connectivity index (χ2v) is 7.98. The van der Waals surface area contributed by atoms with Crippen LogP contribution >= 0.6 is 11.6 Å². The molecule has 2 heterocycles. The number of hydrogen-bond donors (Lipinski definition) is 1. The van der Waals surface area contributed by atoms with Crippen LogP contribution in [0.3, 0.4) is 0 Å². The standard InChI is InChI=1S/C23H22ClN3O2/c1-13-10-11-25-19(12-13)27-23(29)20-14(2)26-17-8-5-9-18(28)22(17)21(20)15-6-3-4-7-16(15)24/h3-4,6-7,10-12,20-21H,5,8-9H2,1-2H3,(H,25,27,29)/t20?,21-/m0/s1. The topological polar surface area (TPSA) is 71.4 Å². The number of carbonyl (C=O) groups is 2. The predicted molar refractivity (Wildman–Crippen MR) is 114 cm³/mol. The lowest BCUT2D eigenvalue weighted by Crippen LogP contribution is -2.39. The van der Waals surface area contributed by atoms with Gasteiger partial charge in [0.25, 0.3) is 0 Å². The van der Waals surface area contributed by atoms with Gasteiger partial charge in [0, 0.05) is 40.5 Å². The molecule has 148 valence electrons. The summed E-state index contributed by atoms with van der Waals surface area (Å²) >= 11 is 6.52. The van der Waals surface area contributed by atoms with Gasteiger partial charge in [0.1, 0.15) is 5.82 Å². The van der Waals surface area contributed by atoms with Crippen molar-refractivity contribution in [2.75, 3.05) is 5.32 Å². The molecule has 0 bridgehead atoms. The summed E-state index contributed by atoms with van der Waals surface area (Å²) < 4.78 is 0. The van der Waals surface area contributed by atoms with Gasteiger partial charge < -0.3 is 5.32 Å². The molecule has 1 aliphatic heterocycles. The van der Waals surface area contributed by atoms with Crippen LogP contribution in [0.1, 0.15) is 43.2 Å². The van der Waals surface area contributed by atoms with Gasteiger partial charge in [-0.05, 0) is 56.0 Å². The quantitative estimate of drug-likeness (QED) is 0.789. The number of halogens is 1. The summed E-state index contributed by atoms with van der Waals surface area (Å²) in [6.45, 7) is 3.79. The summed E-state index contributed by atoms with van der Waals surface area (Å²) in [5.41, 5.74) is 3.89. The van der Waals surface area contributed by atoms with Crippen LogP contribution in [-0.2, 0) is 9.59 Å². The molecule has 0 radical (unpaired) electrons. The van der Waals surface area contributed by atoms with Gasteiger partial charge in [0.05, 0.1) is 5.92 Å². The van der Waals surface area contributed by atoms with Crippen LogP contribution in [0.4, 0.5) is 5.82 Å². The molecule has 29 heavy (non-hydrogen) atoms. The fraction of sp³-hybridized carbons (Fsp3) is 0.304. The number of nitrogens with one attached hydrogen (secondary N) is 1. The van der Waals surface area contributed by atoms with Crippen LogP contribution in [0.25, 0.3) is 0 Å². The van der Waals surface area contributed by atoms with E-state index in [1.165, 1.54) is 0 Å². The normalized spacial score (nSPS) is 21.5. The maximum Gasteiger partial charge on any atom is 0.235 e. The SMILES string of the molecule is CC1=NC2=C(C(=O)CCC2)[C@@H](c2ccccc2Cl)C1C(=O)Nc1cc(C)ccn1. The van der Waals surface area contributed by atoms with Crippen molar-refractivity contribution in [2.24, 2.45) is 10.9 Å². The number of amides is 1. The molecule has 0 spiro atoms. The summed E-state index contributed by atoms with van der Waals surface area (Å²) in [5.74, 6) is -0.777. The van der Waals surface area contributed by atoms with Gasteiger partial charge in [-0.3, -0.25) is 14.6 Å². The third-order valence-electron chi connectivity index (χ3n) is 5.52. The van der Waals surface area contributed by atoms with Gasteiger partial charge in [0.2, 0.25) is 5.91 Å². The molecule has 6 heteroatoms. The number of rotatable bonds is 3. The van der Waals surface area contributed by atoms with Crippen molar-refractivity contribution in [1.29, 1.82) is 0 Å². The Kier molecular flexibility index (Phi) is 5.33. The maximum absolute atomic E-state index is 13.4. The predicted octanol–water partition coefficient (Wildman–Crippen LogP) is 4.86. The minimum absolute atomic E-state index is 0.0545. The highest BCUT2D eigenvalue weighted by atomic mass is 35.5. The zero-order valence-electron chi connectivity index (χ0n) is 16.4. The highest BCUT2D eigenvalue weighted by molar-refractivity contribution is 6.31. The van der Waals surface area contributed by atoms with Crippen LogP contribution in [0.15, 0.2) is 58.9 Å². The molecule has 0 saturated heterocycles. The Morgan fingerprint density at radius 1 is 1.17 bits per heavy atom. The molecule has 1 N–H and O–H groups in total. The maximum atomic E-state index is 13.4. The van der Waals surface area contributed by atoms with Crippen molar-refractivity contribution in [3.05, 3.63) is 70.0 Å². The van der Waals surface area contributed by atoms with Crippen LogP contribution in [0, 0.1) is 12.8 Å². The van der Waals surface area contributed by atoms with Gasteiger partial charge in [-0.25, -0.2) is 4.98 Å². The van der Waals surface area contributed by atoms with Crippen molar-refractivity contribution >= 4 is 34.8 Å². The van der Waals surface area contributed by atoms with E-state index < -0.39 is 11.8 Å². The first kappa shape index (κ1) is 19.5. The van der Waals surface area contributed by atoms with E-state index in [1.807, 2.05) is 44.2 Å². The molecule has 4 rings (SSSR count). The number of Topliss-reactive ketones (excluding diaryl/α,β-unsaturated/α-hetero) is 1. The molecule has 1 unspecified atom stereocenters. The smallest absolute Gasteiger partial charge is 0.235 e. The Bertz CT molecular complexity index is 1060. The second-order valence-electron chi connectivity index (χ2n) is 7.57. The summed E-state index contributed by atoms with van der Waals surface area (Å²) in [5, 5.41) is 3.45. The van der Waals surface area contributed by atoms with Gasteiger partial charge in [-0.15, -0.1) is 0 Å². The van der Waals surface area contributed by atoms with Gasteiger partial charge in [0.15, 0.2) is 5.78 Å². The Morgan fingerprint density at radius 3 is 2.72 bits per heavy atom. The average molecular weight is 408 g/mol. The molecule has 2 aliphatic rings. The fourth-order valence-electron chi connectivity index (χ4n) is 4.22. The number of aliphatic imine (C=N–C) groups is 1. The van der Waals surface area contributed by atoms with E-state index in [0.717, 1.165) is 29.7 Å². The third kappa shape index (κ3) is 3.75. The van der Waals surface area contributed by atoms with Gasteiger partial charge >= 0.3 is 0 Å². The van der Waals surface area contributed by atoms with Gasteiger partial charge in [-0.1, -0.05) is 29.8 Å². The molecular formula is C23H22ClN3O2.